The smallest absolute Gasteiger partial charge is 0.481 e. The van der Waals surface area contributed by atoms with Crippen molar-refractivity contribution in [3.8, 4) is 11.1 Å². The molecule has 0 bridgehead atoms. The fourth-order valence-corrected chi connectivity index (χ4v) is 3.21. The van der Waals surface area contributed by atoms with Crippen molar-refractivity contribution in [2.24, 2.45) is 0 Å². The number of urea groups is 1. The first-order valence-corrected chi connectivity index (χ1v) is 12.6. The maximum absolute atomic E-state index is 12.3. The number of unbranched alkanes of at least 4 members (excludes halogenated alkanes) is 1. The summed E-state index contributed by atoms with van der Waals surface area (Å²) in [5.41, 5.74) is 2.66. The van der Waals surface area contributed by atoms with Gasteiger partial charge in [-0.05, 0) is 23.1 Å². The summed E-state index contributed by atoms with van der Waals surface area (Å²) in [4.78, 5) is 56.0. The van der Waals surface area contributed by atoms with Gasteiger partial charge in [-0.2, -0.15) is 13.2 Å². The lowest BCUT2D eigenvalue weighted by Crippen LogP contribution is -2.41. The largest absolute Gasteiger partial charge is 0.490 e. The minimum absolute atomic E-state index is 0.0218. The van der Waals surface area contributed by atoms with Crippen molar-refractivity contribution in [3.63, 3.8) is 0 Å². The van der Waals surface area contributed by atoms with Gasteiger partial charge in [0.2, 0.25) is 11.8 Å². The Kier molecular flexibility index (Phi) is 15.0. The lowest BCUT2D eigenvalue weighted by atomic mass is 9.99. The molecule has 2 aromatic carbocycles. The summed E-state index contributed by atoms with van der Waals surface area (Å²) in [5, 5.41) is 26.8. The topological polar surface area (TPSA) is 174 Å². The molecule has 1 unspecified atom stereocenters. The molecule has 4 amide bonds. The molecule has 0 aliphatic rings. The number of alkyl halides is 3. The SMILES string of the molecule is CCCCNC(=O)NCCC(=O)NCC(=O)NC(CC(=O)O)c1ccc(-c2ccccc2)cc1.O=C(O)C(F)(F)F. The zero-order valence-electron chi connectivity index (χ0n) is 22.3. The van der Waals surface area contributed by atoms with E-state index in [1.54, 1.807) is 12.1 Å². The van der Waals surface area contributed by atoms with Crippen molar-refractivity contribution < 1.29 is 47.4 Å². The van der Waals surface area contributed by atoms with E-state index in [9.17, 15) is 37.5 Å². The molecule has 0 heterocycles. The highest BCUT2D eigenvalue weighted by Gasteiger charge is 2.38. The number of carbonyl (C=O) groups excluding carboxylic acids is 3. The highest BCUT2D eigenvalue weighted by atomic mass is 19.4. The highest BCUT2D eigenvalue weighted by molar-refractivity contribution is 5.85. The van der Waals surface area contributed by atoms with E-state index in [4.69, 9.17) is 9.90 Å². The van der Waals surface area contributed by atoms with Crippen LogP contribution in [0.15, 0.2) is 54.6 Å². The molecule has 6 N–H and O–H groups in total. The van der Waals surface area contributed by atoms with Crippen LogP contribution in [-0.2, 0) is 19.2 Å². The summed E-state index contributed by atoms with van der Waals surface area (Å²) >= 11 is 0. The first-order chi connectivity index (χ1) is 19.3. The Morgan fingerprint density at radius 3 is 1.90 bits per heavy atom. The van der Waals surface area contributed by atoms with Crippen molar-refractivity contribution in [2.45, 2.75) is 44.8 Å². The Labute approximate surface area is 234 Å². The number of amides is 4. The summed E-state index contributed by atoms with van der Waals surface area (Å²) in [7, 11) is 0. The van der Waals surface area contributed by atoms with Gasteiger partial charge in [-0.25, -0.2) is 9.59 Å². The Hall–Kier alpha value is -4.62. The highest BCUT2D eigenvalue weighted by Crippen LogP contribution is 2.23. The number of carbonyl (C=O) groups is 5. The zero-order valence-corrected chi connectivity index (χ0v) is 22.3. The van der Waals surface area contributed by atoms with E-state index in [0.29, 0.717) is 12.1 Å². The van der Waals surface area contributed by atoms with Gasteiger partial charge in [0, 0.05) is 19.5 Å². The van der Waals surface area contributed by atoms with Crippen LogP contribution in [0.3, 0.4) is 0 Å². The van der Waals surface area contributed by atoms with E-state index in [1.807, 2.05) is 49.4 Å². The lowest BCUT2D eigenvalue weighted by molar-refractivity contribution is -0.192. The molecule has 0 aliphatic heterocycles. The van der Waals surface area contributed by atoms with E-state index >= 15 is 0 Å². The van der Waals surface area contributed by atoms with Gasteiger partial charge in [-0.3, -0.25) is 14.4 Å². The standard InChI is InChI=1S/C25H32N4O5.C2HF3O2/c1-2-3-14-26-25(34)27-15-13-22(30)28-17-23(31)29-21(16-24(32)33)20-11-9-19(10-12-20)18-7-5-4-6-8-18;3-2(4,5)1(6)7/h4-12,21H,2-3,13-17H2,1H3,(H,28,30)(H,29,31)(H,32,33)(H2,26,27,34);(H,6,7). The van der Waals surface area contributed by atoms with Crippen molar-refractivity contribution >= 4 is 29.8 Å². The number of hydrogen-bond donors (Lipinski definition) is 6. The summed E-state index contributed by atoms with van der Waals surface area (Å²) < 4.78 is 31.7. The Morgan fingerprint density at radius 2 is 1.37 bits per heavy atom. The number of benzene rings is 2. The molecule has 0 saturated heterocycles. The maximum Gasteiger partial charge on any atom is 0.490 e. The molecule has 0 spiro atoms. The van der Waals surface area contributed by atoms with Gasteiger partial charge in [0.05, 0.1) is 19.0 Å². The van der Waals surface area contributed by atoms with Gasteiger partial charge < -0.3 is 31.5 Å². The van der Waals surface area contributed by atoms with Crippen LogP contribution in [0.2, 0.25) is 0 Å². The van der Waals surface area contributed by atoms with Crippen LogP contribution in [0, 0.1) is 0 Å². The van der Waals surface area contributed by atoms with Gasteiger partial charge in [0.15, 0.2) is 0 Å². The molecule has 0 aromatic heterocycles. The quantitative estimate of drug-likeness (QED) is 0.197. The average molecular weight is 583 g/mol. The molecule has 2 rings (SSSR count). The fraction of sp³-hybridized carbons (Fsp3) is 0.370. The molecular weight excluding hydrogens is 549 g/mol. The van der Waals surface area contributed by atoms with Gasteiger partial charge >= 0.3 is 24.1 Å². The van der Waals surface area contributed by atoms with Crippen LogP contribution in [0.5, 0.6) is 0 Å². The van der Waals surface area contributed by atoms with E-state index in [0.717, 1.165) is 24.0 Å². The number of carboxylic acids is 2. The van der Waals surface area contributed by atoms with Crippen LogP contribution < -0.4 is 21.3 Å². The Balaban J connectivity index is 0.00000106. The third kappa shape index (κ3) is 14.9. The van der Waals surface area contributed by atoms with Gasteiger partial charge in [0.1, 0.15) is 0 Å². The van der Waals surface area contributed by atoms with Gasteiger partial charge in [0.25, 0.3) is 0 Å². The normalized spacial score (nSPS) is 11.2. The minimum atomic E-state index is -5.08. The van der Waals surface area contributed by atoms with Crippen molar-refractivity contribution in [1.29, 1.82) is 0 Å². The number of nitrogens with one attached hydrogen (secondary N) is 4. The second-order valence-corrected chi connectivity index (χ2v) is 8.57. The van der Waals surface area contributed by atoms with Gasteiger partial charge in [-0.1, -0.05) is 67.9 Å². The third-order valence-electron chi connectivity index (χ3n) is 5.28. The predicted octanol–water partition coefficient (Wildman–Crippen LogP) is 3.22. The molecule has 11 nitrogen and oxygen atoms in total. The monoisotopic (exact) mass is 582 g/mol. The van der Waals surface area contributed by atoms with Crippen LogP contribution >= 0.6 is 0 Å². The number of aliphatic carboxylic acids is 2. The third-order valence-corrected chi connectivity index (χ3v) is 5.28. The minimum Gasteiger partial charge on any atom is -0.481 e. The van der Waals surface area contributed by atoms with Crippen molar-refractivity contribution in [3.05, 3.63) is 60.2 Å². The van der Waals surface area contributed by atoms with Crippen molar-refractivity contribution in [1.82, 2.24) is 21.3 Å². The lowest BCUT2D eigenvalue weighted by Gasteiger charge is -2.18. The number of carboxylic acid groups (broad SMARTS) is 2. The first kappa shape index (κ1) is 34.4. The molecule has 41 heavy (non-hydrogen) atoms. The molecule has 14 heteroatoms. The average Bonchev–Trinajstić information content (AvgIpc) is 2.92. The molecule has 224 valence electrons. The molecule has 0 radical (unpaired) electrons. The van der Waals surface area contributed by atoms with Gasteiger partial charge in [-0.15, -0.1) is 0 Å². The molecule has 0 aliphatic carbocycles. The number of hydrogen-bond acceptors (Lipinski definition) is 5. The predicted molar refractivity (Wildman–Crippen MR) is 143 cm³/mol. The van der Waals surface area contributed by atoms with Crippen LogP contribution in [0.1, 0.15) is 44.2 Å². The summed E-state index contributed by atoms with van der Waals surface area (Å²) in [5.74, 6) is -4.71. The molecule has 2 aromatic rings. The van der Waals surface area contributed by atoms with Crippen LogP contribution in [0.25, 0.3) is 11.1 Å². The van der Waals surface area contributed by atoms with E-state index < -0.39 is 36.0 Å². The number of rotatable bonds is 13. The van der Waals surface area contributed by atoms with E-state index in [1.165, 1.54) is 0 Å². The number of halogens is 3. The Bertz CT molecular complexity index is 1140. The van der Waals surface area contributed by atoms with Crippen molar-refractivity contribution in [2.75, 3.05) is 19.6 Å². The maximum atomic E-state index is 12.3. The first-order valence-electron chi connectivity index (χ1n) is 12.6. The fourth-order valence-electron chi connectivity index (χ4n) is 3.21. The Morgan fingerprint density at radius 1 is 0.805 bits per heavy atom. The van der Waals surface area contributed by atoms with E-state index in [-0.39, 0.29) is 32.0 Å². The molecular formula is C27H33F3N4O7. The second-order valence-electron chi connectivity index (χ2n) is 8.57. The second kappa shape index (κ2) is 17.9. The molecule has 1 atom stereocenters. The zero-order chi connectivity index (χ0) is 30.8. The molecule has 0 fully saturated rings. The van der Waals surface area contributed by atoms with E-state index in [2.05, 4.69) is 21.3 Å². The van der Waals surface area contributed by atoms with Crippen LogP contribution in [-0.4, -0.2) is 65.8 Å². The molecule has 0 saturated carbocycles. The summed E-state index contributed by atoms with van der Waals surface area (Å²) in [6.07, 6.45) is -3.50. The van der Waals surface area contributed by atoms with Crippen LogP contribution in [0.4, 0.5) is 18.0 Å². The summed E-state index contributed by atoms with van der Waals surface area (Å²) in [6, 6.07) is 16.0. The summed E-state index contributed by atoms with van der Waals surface area (Å²) in [6.45, 7) is 2.44.